The maximum absolute atomic E-state index is 7.45. The van der Waals surface area contributed by atoms with Crippen LogP contribution in [0, 0.1) is 5.41 Å². The lowest BCUT2D eigenvalue weighted by atomic mass is 10.1. The average Bonchev–Trinajstić information content (AvgIpc) is 3.16. The third kappa shape index (κ3) is 2.84. The zero-order valence-corrected chi connectivity index (χ0v) is 12.6. The number of nitrogens with two attached hydrogens (primary N) is 1. The number of hydrogen-bond donors (Lipinski definition) is 2. The molecular formula is C15H22N6. The summed E-state index contributed by atoms with van der Waals surface area (Å²) in [5.74, 6) is 1.58. The Morgan fingerprint density at radius 1 is 1.52 bits per heavy atom. The maximum Gasteiger partial charge on any atom is 0.154 e. The molecule has 2 aromatic heterocycles. The summed E-state index contributed by atoms with van der Waals surface area (Å²) in [4.78, 5) is 6.85. The molecule has 2 heterocycles. The molecule has 3 N–H and O–H groups in total. The van der Waals surface area contributed by atoms with E-state index in [0.29, 0.717) is 18.4 Å². The highest BCUT2D eigenvalue weighted by Gasteiger charge is 2.31. The Hall–Kier alpha value is -2.11. The highest BCUT2D eigenvalue weighted by Crippen LogP contribution is 2.33. The summed E-state index contributed by atoms with van der Waals surface area (Å²) in [5, 5.41) is 12.1. The van der Waals surface area contributed by atoms with Crippen molar-refractivity contribution in [2.45, 2.75) is 45.1 Å². The number of amidine groups is 1. The molecule has 0 saturated heterocycles. The Kier molecular flexibility index (Phi) is 3.53. The smallest absolute Gasteiger partial charge is 0.154 e. The molecule has 0 aromatic carbocycles. The number of anilines is 1. The summed E-state index contributed by atoms with van der Waals surface area (Å²) in [5.41, 5.74) is 7.63. The van der Waals surface area contributed by atoms with Crippen molar-refractivity contribution in [2.75, 3.05) is 11.4 Å². The summed E-state index contributed by atoms with van der Waals surface area (Å²) in [6, 6.07) is 2.65. The van der Waals surface area contributed by atoms with Crippen molar-refractivity contribution in [3.8, 4) is 0 Å². The molecule has 21 heavy (non-hydrogen) atoms. The zero-order valence-electron chi connectivity index (χ0n) is 12.6. The van der Waals surface area contributed by atoms with Crippen molar-refractivity contribution in [1.82, 2.24) is 14.6 Å². The fourth-order valence-corrected chi connectivity index (χ4v) is 2.52. The molecule has 6 heteroatoms. The van der Waals surface area contributed by atoms with Gasteiger partial charge >= 0.3 is 0 Å². The van der Waals surface area contributed by atoms with E-state index in [1.54, 1.807) is 6.20 Å². The van der Waals surface area contributed by atoms with Gasteiger partial charge in [-0.2, -0.15) is 5.10 Å². The molecule has 0 atom stereocenters. The summed E-state index contributed by atoms with van der Waals surface area (Å²) >= 11 is 0. The number of aromatic nitrogens is 3. The van der Waals surface area contributed by atoms with E-state index in [-0.39, 0.29) is 5.84 Å². The second kappa shape index (κ2) is 5.35. The Morgan fingerprint density at radius 2 is 2.29 bits per heavy atom. The molecular weight excluding hydrogens is 264 g/mol. The minimum atomic E-state index is 0.226. The summed E-state index contributed by atoms with van der Waals surface area (Å²) in [6.45, 7) is 5.03. The van der Waals surface area contributed by atoms with Crippen molar-refractivity contribution < 1.29 is 0 Å². The van der Waals surface area contributed by atoms with E-state index in [0.717, 1.165) is 23.6 Å². The van der Waals surface area contributed by atoms with Crippen LogP contribution in [-0.2, 0) is 0 Å². The molecule has 0 radical (unpaired) electrons. The van der Waals surface area contributed by atoms with Gasteiger partial charge in [0.15, 0.2) is 5.82 Å². The van der Waals surface area contributed by atoms with Crippen molar-refractivity contribution in [3.05, 3.63) is 24.2 Å². The minimum Gasteiger partial charge on any atom is -0.388 e. The molecule has 0 aliphatic heterocycles. The van der Waals surface area contributed by atoms with Gasteiger partial charge in [0.05, 0.1) is 11.5 Å². The van der Waals surface area contributed by atoms with Gasteiger partial charge < -0.3 is 10.6 Å². The molecule has 2 aromatic rings. The third-order valence-corrected chi connectivity index (χ3v) is 3.86. The van der Waals surface area contributed by atoms with E-state index in [1.807, 2.05) is 10.7 Å². The zero-order chi connectivity index (χ0) is 15.0. The van der Waals surface area contributed by atoms with E-state index < -0.39 is 0 Å². The predicted octanol–water partition coefficient (Wildman–Crippen LogP) is 2.15. The number of fused-ring (bicyclic) bond motifs is 1. The molecule has 0 spiro atoms. The first kappa shape index (κ1) is 13.9. The standard InChI is InChI=1S/C15H22N6/c1-10(2)12-9-13-15(18-6-8-21(13)19-12)20(11-3-4-11)7-5-14(16)17/h6,8-11H,3-5,7H2,1-2H3,(H3,16,17). The van der Waals surface area contributed by atoms with E-state index in [4.69, 9.17) is 11.1 Å². The topological polar surface area (TPSA) is 83.3 Å². The Labute approximate surface area is 124 Å². The van der Waals surface area contributed by atoms with Crippen molar-refractivity contribution in [2.24, 2.45) is 5.73 Å². The lowest BCUT2D eigenvalue weighted by Gasteiger charge is -2.23. The first-order valence-electron chi connectivity index (χ1n) is 7.50. The predicted molar refractivity (Wildman–Crippen MR) is 84.0 cm³/mol. The molecule has 1 aliphatic carbocycles. The normalized spacial score (nSPS) is 14.8. The SMILES string of the molecule is CC(C)c1cc2c(N(CCC(=N)N)C3CC3)nccn2n1. The van der Waals surface area contributed by atoms with Crippen LogP contribution < -0.4 is 10.6 Å². The third-order valence-electron chi connectivity index (χ3n) is 3.86. The van der Waals surface area contributed by atoms with Crippen LogP contribution in [0.5, 0.6) is 0 Å². The molecule has 1 aliphatic rings. The van der Waals surface area contributed by atoms with Gasteiger partial charge in [-0.1, -0.05) is 13.8 Å². The van der Waals surface area contributed by atoms with Gasteiger partial charge in [0, 0.05) is 31.4 Å². The van der Waals surface area contributed by atoms with Crippen molar-refractivity contribution in [3.63, 3.8) is 0 Å². The van der Waals surface area contributed by atoms with Gasteiger partial charge in [0.1, 0.15) is 5.52 Å². The molecule has 6 nitrogen and oxygen atoms in total. The first-order valence-corrected chi connectivity index (χ1v) is 7.50. The Bertz CT molecular complexity index is 655. The monoisotopic (exact) mass is 286 g/mol. The molecule has 1 fully saturated rings. The lowest BCUT2D eigenvalue weighted by molar-refractivity contribution is 0.769. The number of rotatable bonds is 6. The van der Waals surface area contributed by atoms with Gasteiger partial charge in [-0.05, 0) is 24.8 Å². The van der Waals surface area contributed by atoms with Crippen LogP contribution in [0.4, 0.5) is 5.82 Å². The second-order valence-corrected chi connectivity index (χ2v) is 6.00. The Morgan fingerprint density at radius 3 is 2.90 bits per heavy atom. The summed E-state index contributed by atoms with van der Waals surface area (Å²) in [6.07, 6.45) is 6.63. The van der Waals surface area contributed by atoms with Gasteiger partial charge in [0.25, 0.3) is 0 Å². The van der Waals surface area contributed by atoms with Gasteiger partial charge in [0.2, 0.25) is 0 Å². The van der Waals surface area contributed by atoms with Crippen LogP contribution >= 0.6 is 0 Å². The summed E-state index contributed by atoms with van der Waals surface area (Å²) in [7, 11) is 0. The minimum absolute atomic E-state index is 0.226. The molecule has 0 unspecified atom stereocenters. The van der Waals surface area contributed by atoms with Crippen LogP contribution in [0.1, 0.15) is 44.7 Å². The first-order chi connectivity index (χ1) is 10.1. The fraction of sp³-hybridized carbons (Fsp3) is 0.533. The average molecular weight is 286 g/mol. The molecule has 112 valence electrons. The number of nitrogens with zero attached hydrogens (tertiary/aromatic N) is 4. The Balaban J connectivity index is 1.98. The molecule has 3 rings (SSSR count). The van der Waals surface area contributed by atoms with Crippen LogP contribution in [-0.4, -0.2) is 33.0 Å². The van der Waals surface area contributed by atoms with Gasteiger partial charge in [-0.3, -0.25) is 5.41 Å². The molecule has 1 saturated carbocycles. The van der Waals surface area contributed by atoms with E-state index in [9.17, 15) is 0 Å². The van der Waals surface area contributed by atoms with Crippen LogP contribution in [0.15, 0.2) is 18.5 Å². The lowest BCUT2D eigenvalue weighted by Crippen LogP contribution is -2.31. The van der Waals surface area contributed by atoms with E-state index in [2.05, 4.69) is 34.9 Å². The molecule has 0 amide bonds. The molecule has 0 bridgehead atoms. The maximum atomic E-state index is 7.45. The second-order valence-electron chi connectivity index (χ2n) is 6.00. The fourth-order valence-electron chi connectivity index (χ4n) is 2.52. The van der Waals surface area contributed by atoms with Gasteiger partial charge in [-0.15, -0.1) is 0 Å². The van der Waals surface area contributed by atoms with Crippen molar-refractivity contribution in [1.29, 1.82) is 5.41 Å². The highest BCUT2D eigenvalue weighted by molar-refractivity contribution is 5.78. The van der Waals surface area contributed by atoms with Crippen LogP contribution in [0.25, 0.3) is 5.52 Å². The van der Waals surface area contributed by atoms with Crippen LogP contribution in [0.3, 0.4) is 0 Å². The largest absolute Gasteiger partial charge is 0.388 e. The van der Waals surface area contributed by atoms with E-state index in [1.165, 1.54) is 12.8 Å². The number of hydrogen-bond acceptors (Lipinski definition) is 4. The van der Waals surface area contributed by atoms with Gasteiger partial charge in [-0.25, -0.2) is 9.50 Å². The van der Waals surface area contributed by atoms with E-state index >= 15 is 0 Å². The van der Waals surface area contributed by atoms with Crippen LogP contribution in [0.2, 0.25) is 0 Å². The quantitative estimate of drug-likeness (QED) is 0.629. The van der Waals surface area contributed by atoms with Crippen molar-refractivity contribution >= 4 is 17.2 Å². The number of nitrogens with one attached hydrogen (secondary N) is 1. The summed E-state index contributed by atoms with van der Waals surface area (Å²) < 4.78 is 1.90. The highest BCUT2D eigenvalue weighted by atomic mass is 15.3.